The molecule has 0 bridgehead atoms. The van der Waals surface area contributed by atoms with Crippen LogP contribution in [0.3, 0.4) is 0 Å². The predicted octanol–water partition coefficient (Wildman–Crippen LogP) is 1.95. The summed E-state index contributed by atoms with van der Waals surface area (Å²) in [6.45, 7) is 1.12. The Labute approximate surface area is 196 Å². The van der Waals surface area contributed by atoms with Crippen molar-refractivity contribution in [3.05, 3.63) is 64.2 Å². The van der Waals surface area contributed by atoms with E-state index in [9.17, 15) is 15.3 Å². The maximum absolute atomic E-state index is 10.6. The third-order valence-corrected chi connectivity index (χ3v) is 8.52. The molecule has 7 nitrogen and oxygen atoms in total. The van der Waals surface area contributed by atoms with Crippen molar-refractivity contribution in [1.82, 2.24) is 5.32 Å². The van der Waals surface area contributed by atoms with Crippen LogP contribution in [0.15, 0.2) is 42.5 Å². The molecule has 1 aliphatic heterocycles. The summed E-state index contributed by atoms with van der Waals surface area (Å²) in [5, 5.41) is 41.0. The van der Waals surface area contributed by atoms with Crippen LogP contribution < -0.4 is 15.8 Å². The van der Waals surface area contributed by atoms with E-state index < -0.39 is 29.2 Å². The van der Waals surface area contributed by atoms with Crippen LogP contribution in [0.5, 0.6) is 5.75 Å². The number of ether oxygens (including phenoxy) is 1. The van der Waals surface area contributed by atoms with Gasteiger partial charge in [-0.05, 0) is 54.0 Å². The molecular formula is C23H32ClN3O4S. The molecule has 0 aliphatic carbocycles. The van der Waals surface area contributed by atoms with E-state index in [1.807, 2.05) is 48.7 Å². The zero-order valence-electron chi connectivity index (χ0n) is 18.0. The molecule has 7 N–H and O–H groups in total. The molecule has 0 aromatic heterocycles. The van der Waals surface area contributed by atoms with E-state index in [1.165, 1.54) is 0 Å². The van der Waals surface area contributed by atoms with Gasteiger partial charge in [0.05, 0.1) is 18.8 Å². The molecule has 32 heavy (non-hydrogen) atoms. The summed E-state index contributed by atoms with van der Waals surface area (Å²) in [6, 6.07) is 13.6. The Morgan fingerprint density at radius 1 is 1.19 bits per heavy atom. The van der Waals surface area contributed by atoms with Crippen molar-refractivity contribution < 1.29 is 20.1 Å². The summed E-state index contributed by atoms with van der Waals surface area (Å²) >= 11 is 6.46. The second-order valence-electron chi connectivity index (χ2n) is 8.15. The molecule has 2 aromatic carbocycles. The molecule has 1 heterocycles. The molecule has 1 aliphatic rings. The highest BCUT2D eigenvalue weighted by Gasteiger charge is 2.40. The van der Waals surface area contributed by atoms with Crippen LogP contribution in [0.1, 0.15) is 28.4 Å². The summed E-state index contributed by atoms with van der Waals surface area (Å²) in [5.41, 5.74) is 8.21. The molecule has 2 aromatic rings. The molecule has 176 valence electrons. The van der Waals surface area contributed by atoms with Crippen LogP contribution in [0.25, 0.3) is 0 Å². The first-order chi connectivity index (χ1) is 15.3. The number of hydrogen-bond acceptors (Lipinski definition) is 5. The maximum Gasteiger partial charge on any atom is 0.185 e. The first-order valence-corrected chi connectivity index (χ1v) is 13.0. The number of aliphatic hydroxyl groups excluding tert-OH is 3. The number of halogens is 1. The van der Waals surface area contributed by atoms with Crippen molar-refractivity contribution in [1.29, 1.82) is 5.41 Å². The SMILES string of the molecule is C[SH]1C[C@@H](O)[C@@H](O)[C@@H](O)[C@@H]1c1ccc(Cl)c(Cc2ccc(OCCCNC(=N)N)cc2)c1. The lowest BCUT2D eigenvalue weighted by Crippen LogP contribution is -2.47. The second-order valence-corrected chi connectivity index (χ2v) is 11.0. The Balaban J connectivity index is 1.64. The van der Waals surface area contributed by atoms with Gasteiger partial charge in [-0.1, -0.05) is 35.9 Å². The largest absolute Gasteiger partial charge is 0.494 e. The van der Waals surface area contributed by atoms with Gasteiger partial charge in [-0.25, -0.2) is 10.9 Å². The number of nitrogens with two attached hydrogens (primary N) is 1. The zero-order valence-corrected chi connectivity index (χ0v) is 19.7. The van der Waals surface area contributed by atoms with Gasteiger partial charge in [-0.3, -0.25) is 5.41 Å². The second kappa shape index (κ2) is 11.2. The lowest BCUT2D eigenvalue weighted by atomic mass is 9.96. The maximum atomic E-state index is 10.6. The van der Waals surface area contributed by atoms with Gasteiger partial charge in [0.1, 0.15) is 11.9 Å². The molecular weight excluding hydrogens is 450 g/mol. The Morgan fingerprint density at radius 2 is 1.91 bits per heavy atom. The Morgan fingerprint density at radius 3 is 2.59 bits per heavy atom. The molecule has 1 unspecified atom stereocenters. The smallest absolute Gasteiger partial charge is 0.185 e. The number of guanidine groups is 1. The topological polar surface area (TPSA) is 132 Å². The minimum atomic E-state index is -1.14. The monoisotopic (exact) mass is 481 g/mol. The molecule has 1 saturated heterocycles. The third kappa shape index (κ3) is 6.30. The average Bonchev–Trinajstić information content (AvgIpc) is 2.75. The first-order valence-electron chi connectivity index (χ1n) is 10.6. The van der Waals surface area contributed by atoms with Crippen LogP contribution in [-0.2, 0) is 6.42 Å². The van der Waals surface area contributed by atoms with Crippen LogP contribution in [0, 0.1) is 5.41 Å². The fraction of sp³-hybridized carbons (Fsp3) is 0.435. The molecule has 9 heteroatoms. The molecule has 1 fully saturated rings. The Bertz CT molecular complexity index is 915. The lowest BCUT2D eigenvalue weighted by molar-refractivity contribution is -0.0561. The van der Waals surface area contributed by atoms with Crippen LogP contribution in [-0.4, -0.2) is 64.8 Å². The number of rotatable bonds is 8. The Kier molecular flexibility index (Phi) is 8.67. The highest BCUT2D eigenvalue weighted by atomic mass is 35.5. The van der Waals surface area contributed by atoms with E-state index in [4.69, 9.17) is 27.5 Å². The minimum absolute atomic E-state index is 0.0422. The zero-order chi connectivity index (χ0) is 23.3. The van der Waals surface area contributed by atoms with Crippen molar-refractivity contribution in [2.75, 3.05) is 25.2 Å². The van der Waals surface area contributed by atoms with Gasteiger partial charge in [0, 0.05) is 22.6 Å². The number of nitrogens with one attached hydrogen (secondary N) is 2. The van der Waals surface area contributed by atoms with E-state index >= 15 is 0 Å². The van der Waals surface area contributed by atoms with Crippen molar-refractivity contribution in [2.24, 2.45) is 5.73 Å². The highest BCUT2D eigenvalue weighted by molar-refractivity contribution is 8.16. The molecule has 0 spiro atoms. The van der Waals surface area contributed by atoms with Crippen molar-refractivity contribution in [2.45, 2.75) is 36.4 Å². The van der Waals surface area contributed by atoms with Crippen molar-refractivity contribution in [3.8, 4) is 5.75 Å². The average molecular weight is 482 g/mol. The summed E-state index contributed by atoms with van der Waals surface area (Å²) < 4.78 is 5.71. The van der Waals surface area contributed by atoms with Gasteiger partial charge in [-0.15, -0.1) is 0 Å². The van der Waals surface area contributed by atoms with Crippen LogP contribution in [0.4, 0.5) is 0 Å². The molecule has 5 atom stereocenters. The normalized spacial score (nSPS) is 26.5. The van der Waals surface area contributed by atoms with Crippen molar-refractivity contribution in [3.63, 3.8) is 0 Å². The van der Waals surface area contributed by atoms with E-state index in [0.717, 1.165) is 28.9 Å². The van der Waals surface area contributed by atoms with E-state index in [1.54, 1.807) is 0 Å². The van der Waals surface area contributed by atoms with Gasteiger partial charge < -0.3 is 31.1 Å². The number of benzene rings is 2. The number of hydrogen-bond donors (Lipinski definition) is 7. The van der Waals surface area contributed by atoms with Crippen LogP contribution in [0.2, 0.25) is 5.02 Å². The lowest BCUT2D eigenvalue weighted by Gasteiger charge is -2.42. The number of aliphatic hydroxyl groups is 3. The molecule has 0 radical (unpaired) electrons. The van der Waals surface area contributed by atoms with E-state index in [0.29, 0.717) is 30.3 Å². The fourth-order valence-electron chi connectivity index (χ4n) is 3.97. The third-order valence-electron chi connectivity index (χ3n) is 5.65. The van der Waals surface area contributed by atoms with Gasteiger partial charge in [0.15, 0.2) is 5.96 Å². The van der Waals surface area contributed by atoms with Crippen molar-refractivity contribution >= 4 is 28.5 Å². The summed E-state index contributed by atoms with van der Waals surface area (Å²) in [7, 11) is -0.678. The first kappa shape index (κ1) is 24.7. The highest BCUT2D eigenvalue weighted by Crippen LogP contribution is 2.48. The minimum Gasteiger partial charge on any atom is -0.494 e. The number of thiol groups is 1. The van der Waals surface area contributed by atoms with Gasteiger partial charge >= 0.3 is 0 Å². The van der Waals surface area contributed by atoms with Gasteiger partial charge in [0.25, 0.3) is 0 Å². The fourth-order valence-corrected chi connectivity index (χ4v) is 6.55. The van der Waals surface area contributed by atoms with Gasteiger partial charge in [-0.2, -0.15) is 0 Å². The standard InChI is InChI=1S/C23H32ClN3O4S/c1-32-13-19(28)20(29)21(30)22(32)15-5-8-18(24)16(12-15)11-14-3-6-17(7-4-14)31-10-2-9-27-23(25)26/h3-8,12,19-22,28-30,32H,2,9-11,13H2,1H3,(H4,25,26,27)/t19-,20-,21-,22+/m1/s1. The molecule has 0 amide bonds. The molecule has 0 saturated carbocycles. The van der Waals surface area contributed by atoms with E-state index in [-0.39, 0.29) is 11.2 Å². The quantitative estimate of drug-likeness (QED) is 0.133. The summed E-state index contributed by atoms with van der Waals surface area (Å²) in [6.07, 6.45) is 0.402. The van der Waals surface area contributed by atoms with Crippen LogP contribution >= 0.6 is 22.5 Å². The predicted molar refractivity (Wildman–Crippen MR) is 131 cm³/mol. The summed E-state index contributed by atoms with van der Waals surface area (Å²) in [5.74, 6) is 1.23. The summed E-state index contributed by atoms with van der Waals surface area (Å²) in [4.78, 5) is 0. The van der Waals surface area contributed by atoms with Gasteiger partial charge in [0.2, 0.25) is 0 Å². The Hall–Kier alpha value is -1.97. The van der Waals surface area contributed by atoms with E-state index in [2.05, 4.69) is 5.32 Å². The molecule has 3 rings (SSSR count).